The van der Waals surface area contributed by atoms with Gasteiger partial charge in [-0.2, -0.15) is 0 Å². The van der Waals surface area contributed by atoms with Gasteiger partial charge in [-0.05, 0) is 30.4 Å². The minimum Gasteiger partial charge on any atom is -0.371 e. The van der Waals surface area contributed by atoms with Crippen molar-refractivity contribution in [1.82, 2.24) is 0 Å². The number of hydrogen-bond donors (Lipinski definition) is 0. The Labute approximate surface area is 103 Å². The van der Waals surface area contributed by atoms with Crippen molar-refractivity contribution in [3.8, 4) is 0 Å². The minimum absolute atomic E-state index is 0.615. The van der Waals surface area contributed by atoms with Gasteiger partial charge in [0.2, 0.25) is 0 Å². The lowest BCUT2D eigenvalue weighted by molar-refractivity contribution is 0.404. The van der Waals surface area contributed by atoms with E-state index in [-0.39, 0.29) is 0 Å². The highest BCUT2D eigenvalue weighted by molar-refractivity contribution is 6.17. The molecule has 0 aromatic heterocycles. The van der Waals surface area contributed by atoms with Gasteiger partial charge in [-0.25, -0.2) is 0 Å². The molecular formula is C14H20ClN. The minimum atomic E-state index is 0.615. The Balaban J connectivity index is 2.16. The lowest BCUT2D eigenvalue weighted by Crippen LogP contribution is -2.35. The lowest BCUT2D eigenvalue weighted by Gasteiger charge is -2.35. The number of para-hydroxylation sites is 1. The molecule has 1 aliphatic heterocycles. The number of benzene rings is 1. The summed E-state index contributed by atoms with van der Waals surface area (Å²) in [6.45, 7) is 4.68. The Morgan fingerprint density at radius 2 is 2.19 bits per heavy atom. The second-order valence-electron chi connectivity index (χ2n) is 4.62. The smallest absolute Gasteiger partial charge is 0.0494 e. The van der Waals surface area contributed by atoms with Gasteiger partial charge in [0.25, 0.3) is 0 Å². The van der Waals surface area contributed by atoms with Gasteiger partial charge in [-0.3, -0.25) is 0 Å². The first-order valence-electron chi connectivity index (χ1n) is 6.24. The normalized spacial score (nSPS) is 21.1. The number of piperidine rings is 1. The zero-order valence-corrected chi connectivity index (χ0v) is 10.7. The highest BCUT2D eigenvalue weighted by Crippen LogP contribution is 2.28. The van der Waals surface area contributed by atoms with Crippen molar-refractivity contribution in [3.05, 3.63) is 29.8 Å². The van der Waals surface area contributed by atoms with E-state index in [0.717, 1.165) is 5.92 Å². The first-order chi connectivity index (χ1) is 7.85. The van der Waals surface area contributed by atoms with Crippen molar-refractivity contribution in [2.75, 3.05) is 18.0 Å². The molecule has 0 saturated carbocycles. The average Bonchev–Trinajstić information content (AvgIpc) is 2.38. The van der Waals surface area contributed by atoms with Crippen LogP contribution in [0.3, 0.4) is 0 Å². The first-order valence-corrected chi connectivity index (χ1v) is 6.77. The molecule has 1 aromatic rings. The molecule has 1 atom stereocenters. The third-order valence-corrected chi connectivity index (χ3v) is 3.86. The Hall–Kier alpha value is -0.690. The van der Waals surface area contributed by atoms with Crippen LogP contribution in [-0.4, -0.2) is 13.1 Å². The molecule has 0 bridgehead atoms. The average molecular weight is 238 g/mol. The van der Waals surface area contributed by atoms with Gasteiger partial charge in [-0.1, -0.05) is 31.5 Å². The summed E-state index contributed by atoms with van der Waals surface area (Å²) in [4.78, 5) is 2.51. The maximum absolute atomic E-state index is 5.99. The van der Waals surface area contributed by atoms with E-state index < -0.39 is 0 Å². The van der Waals surface area contributed by atoms with Crippen LogP contribution in [0.4, 0.5) is 5.69 Å². The molecule has 2 heteroatoms. The lowest BCUT2D eigenvalue weighted by atomic mass is 9.95. The second kappa shape index (κ2) is 5.58. The molecule has 0 N–H and O–H groups in total. The molecule has 0 aliphatic carbocycles. The van der Waals surface area contributed by atoms with Crippen LogP contribution in [0.15, 0.2) is 24.3 Å². The van der Waals surface area contributed by atoms with Gasteiger partial charge in [0.1, 0.15) is 0 Å². The fourth-order valence-electron chi connectivity index (χ4n) is 2.55. The van der Waals surface area contributed by atoms with Crippen LogP contribution in [0.2, 0.25) is 0 Å². The number of rotatable bonds is 3. The van der Waals surface area contributed by atoms with Crippen LogP contribution in [-0.2, 0) is 5.88 Å². The molecular weight excluding hydrogens is 218 g/mol. The molecule has 88 valence electrons. The third kappa shape index (κ3) is 2.52. The molecule has 1 aliphatic rings. The van der Waals surface area contributed by atoms with Crippen molar-refractivity contribution in [1.29, 1.82) is 0 Å². The quantitative estimate of drug-likeness (QED) is 0.717. The van der Waals surface area contributed by atoms with E-state index in [9.17, 15) is 0 Å². The van der Waals surface area contributed by atoms with Crippen LogP contribution >= 0.6 is 11.6 Å². The Kier molecular flexibility index (Phi) is 4.11. The Bertz CT molecular complexity index is 337. The molecule has 1 aromatic carbocycles. The number of halogens is 1. The van der Waals surface area contributed by atoms with Crippen molar-refractivity contribution in [2.45, 2.75) is 32.1 Å². The number of alkyl halides is 1. The molecule has 0 radical (unpaired) electrons. The number of hydrogen-bond acceptors (Lipinski definition) is 1. The Morgan fingerprint density at radius 1 is 1.38 bits per heavy atom. The van der Waals surface area contributed by atoms with E-state index in [1.807, 2.05) is 0 Å². The topological polar surface area (TPSA) is 3.24 Å². The molecule has 1 nitrogen and oxygen atoms in total. The predicted molar refractivity (Wildman–Crippen MR) is 71.2 cm³/mol. The molecule has 1 saturated heterocycles. The van der Waals surface area contributed by atoms with Gasteiger partial charge in [0, 0.05) is 24.7 Å². The molecule has 1 unspecified atom stereocenters. The molecule has 1 heterocycles. The van der Waals surface area contributed by atoms with Crippen LogP contribution in [0.25, 0.3) is 0 Å². The van der Waals surface area contributed by atoms with Crippen LogP contribution < -0.4 is 4.90 Å². The van der Waals surface area contributed by atoms with Gasteiger partial charge < -0.3 is 4.90 Å². The van der Waals surface area contributed by atoms with E-state index in [1.54, 1.807) is 0 Å². The SMILES string of the molecule is CCC1CCCN(c2ccccc2CCl)C1. The van der Waals surface area contributed by atoms with Crippen LogP contribution in [0.5, 0.6) is 0 Å². The van der Waals surface area contributed by atoms with E-state index in [4.69, 9.17) is 11.6 Å². The van der Waals surface area contributed by atoms with Crippen molar-refractivity contribution in [2.24, 2.45) is 5.92 Å². The summed E-state index contributed by atoms with van der Waals surface area (Å²) in [5.41, 5.74) is 2.61. The van der Waals surface area contributed by atoms with Crippen LogP contribution in [0, 0.1) is 5.92 Å². The summed E-state index contributed by atoms with van der Waals surface area (Å²) in [6.07, 6.45) is 3.99. The van der Waals surface area contributed by atoms with Crippen molar-refractivity contribution < 1.29 is 0 Å². The zero-order chi connectivity index (χ0) is 11.4. The second-order valence-corrected chi connectivity index (χ2v) is 4.89. The number of nitrogens with zero attached hydrogens (tertiary/aromatic N) is 1. The molecule has 2 rings (SSSR count). The molecule has 16 heavy (non-hydrogen) atoms. The maximum atomic E-state index is 5.99. The molecule has 1 fully saturated rings. The highest BCUT2D eigenvalue weighted by Gasteiger charge is 2.19. The number of anilines is 1. The summed E-state index contributed by atoms with van der Waals surface area (Å²) in [7, 11) is 0. The van der Waals surface area contributed by atoms with Crippen molar-refractivity contribution >= 4 is 17.3 Å². The fraction of sp³-hybridized carbons (Fsp3) is 0.571. The monoisotopic (exact) mass is 237 g/mol. The summed E-state index contributed by atoms with van der Waals surface area (Å²) in [5.74, 6) is 1.47. The third-order valence-electron chi connectivity index (χ3n) is 3.57. The highest BCUT2D eigenvalue weighted by atomic mass is 35.5. The Morgan fingerprint density at radius 3 is 2.94 bits per heavy atom. The van der Waals surface area contributed by atoms with E-state index >= 15 is 0 Å². The van der Waals surface area contributed by atoms with Gasteiger partial charge in [-0.15, -0.1) is 11.6 Å². The summed E-state index contributed by atoms with van der Waals surface area (Å²) in [6, 6.07) is 8.52. The predicted octanol–water partition coefficient (Wildman–Crippen LogP) is 4.05. The zero-order valence-electron chi connectivity index (χ0n) is 9.95. The molecule has 0 amide bonds. The van der Waals surface area contributed by atoms with Gasteiger partial charge >= 0.3 is 0 Å². The van der Waals surface area contributed by atoms with E-state index in [1.165, 1.54) is 43.6 Å². The largest absolute Gasteiger partial charge is 0.371 e. The molecule has 0 spiro atoms. The van der Waals surface area contributed by atoms with Gasteiger partial charge in [0.15, 0.2) is 0 Å². The van der Waals surface area contributed by atoms with Gasteiger partial charge in [0.05, 0.1) is 0 Å². The summed E-state index contributed by atoms with van der Waals surface area (Å²) in [5, 5.41) is 0. The standard InChI is InChI=1S/C14H20ClN/c1-2-12-6-5-9-16(11-12)14-8-4-3-7-13(14)10-15/h3-4,7-8,12H,2,5-6,9-11H2,1H3. The fourth-order valence-corrected chi connectivity index (χ4v) is 2.78. The van der Waals surface area contributed by atoms with E-state index in [2.05, 4.69) is 36.1 Å². The summed E-state index contributed by atoms with van der Waals surface area (Å²) >= 11 is 5.99. The van der Waals surface area contributed by atoms with Crippen molar-refractivity contribution in [3.63, 3.8) is 0 Å². The summed E-state index contributed by atoms with van der Waals surface area (Å²) < 4.78 is 0. The first kappa shape index (κ1) is 11.8. The van der Waals surface area contributed by atoms with E-state index in [0.29, 0.717) is 5.88 Å². The van der Waals surface area contributed by atoms with Crippen LogP contribution in [0.1, 0.15) is 31.7 Å². The maximum Gasteiger partial charge on any atom is 0.0494 e.